The predicted octanol–water partition coefficient (Wildman–Crippen LogP) is 0.928. The highest BCUT2D eigenvalue weighted by Gasteiger charge is 2.04. The molecule has 0 aromatic carbocycles. The van der Waals surface area contributed by atoms with E-state index in [1.165, 1.54) is 11.5 Å². The van der Waals surface area contributed by atoms with Crippen molar-refractivity contribution in [2.24, 2.45) is 0 Å². The minimum Gasteiger partial charge on any atom is -0.265 e. The van der Waals surface area contributed by atoms with Crippen molar-refractivity contribution in [1.82, 2.24) is 4.37 Å². The SMILES string of the molecule is Cc1cc(COS(C)(=O)=O)sn1. The first-order valence-corrected chi connectivity index (χ1v) is 5.83. The summed E-state index contributed by atoms with van der Waals surface area (Å²) in [4.78, 5) is 0.818. The highest BCUT2D eigenvalue weighted by molar-refractivity contribution is 7.85. The van der Waals surface area contributed by atoms with Crippen LogP contribution in [0.25, 0.3) is 0 Å². The Morgan fingerprint density at radius 3 is 2.75 bits per heavy atom. The molecule has 0 aliphatic rings. The van der Waals surface area contributed by atoms with Crippen LogP contribution in [0.4, 0.5) is 0 Å². The zero-order valence-corrected chi connectivity index (χ0v) is 8.41. The zero-order valence-electron chi connectivity index (χ0n) is 6.77. The molecular formula is C6H9NO3S2. The van der Waals surface area contributed by atoms with Crippen LogP contribution >= 0.6 is 11.5 Å². The Morgan fingerprint density at radius 2 is 2.33 bits per heavy atom. The molecule has 1 rings (SSSR count). The van der Waals surface area contributed by atoms with Crippen molar-refractivity contribution < 1.29 is 12.6 Å². The van der Waals surface area contributed by atoms with Crippen molar-refractivity contribution in [2.75, 3.05) is 6.26 Å². The second-order valence-electron chi connectivity index (χ2n) is 2.40. The number of hydrogen-bond acceptors (Lipinski definition) is 5. The van der Waals surface area contributed by atoms with Crippen LogP contribution in [0.3, 0.4) is 0 Å². The van der Waals surface area contributed by atoms with Crippen LogP contribution in [0.5, 0.6) is 0 Å². The third-order valence-electron chi connectivity index (χ3n) is 1.09. The lowest BCUT2D eigenvalue weighted by Gasteiger charge is -1.95. The highest BCUT2D eigenvalue weighted by atomic mass is 32.2. The minimum absolute atomic E-state index is 0.0876. The lowest BCUT2D eigenvalue weighted by molar-refractivity contribution is 0.315. The largest absolute Gasteiger partial charge is 0.265 e. The third-order valence-corrected chi connectivity index (χ3v) is 2.49. The van der Waals surface area contributed by atoms with E-state index in [9.17, 15) is 8.42 Å². The first-order valence-electron chi connectivity index (χ1n) is 3.24. The number of aryl methyl sites for hydroxylation is 1. The molecule has 68 valence electrons. The average Bonchev–Trinajstić information content (AvgIpc) is 2.30. The van der Waals surface area contributed by atoms with Gasteiger partial charge >= 0.3 is 0 Å². The van der Waals surface area contributed by atoms with Gasteiger partial charge in [-0.3, -0.25) is 4.18 Å². The van der Waals surface area contributed by atoms with Crippen LogP contribution in [-0.2, 0) is 20.9 Å². The minimum atomic E-state index is -3.33. The number of aromatic nitrogens is 1. The summed E-state index contributed by atoms with van der Waals surface area (Å²) in [5.41, 5.74) is 0.882. The summed E-state index contributed by atoms with van der Waals surface area (Å²) >= 11 is 1.25. The quantitative estimate of drug-likeness (QED) is 0.692. The van der Waals surface area contributed by atoms with Crippen molar-refractivity contribution >= 4 is 21.7 Å². The van der Waals surface area contributed by atoms with Gasteiger partial charge in [0.1, 0.15) is 6.61 Å². The van der Waals surface area contributed by atoms with E-state index in [1.54, 1.807) is 6.07 Å². The molecular weight excluding hydrogens is 198 g/mol. The Bertz CT molecular complexity index is 355. The Hall–Kier alpha value is -0.460. The fraction of sp³-hybridized carbons (Fsp3) is 0.500. The molecule has 0 unspecified atom stereocenters. The molecule has 1 aromatic heterocycles. The molecule has 0 atom stereocenters. The summed E-state index contributed by atoms with van der Waals surface area (Å²) in [6.45, 7) is 1.94. The van der Waals surface area contributed by atoms with Crippen LogP contribution in [0, 0.1) is 6.92 Å². The van der Waals surface area contributed by atoms with Gasteiger partial charge in [0.25, 0.3) is 10.1 Å². The lowest BCUT2D eigenvalue weighted by atomic mass is 10.4. The van der Waals surface area contributed by atoms with Crippen LogP contribution in [0.1, 0.15) is 10.6 Å². The molecule has 0 spiro atoms. The lowest BCUT2D eigenvalue weighted by Crippen LogP contribution is -2.01. The van der Waals surface area contributed by atoms with Crippen molar-refractivity contribution in [3.05, 3.63) is 16.6 Å². The van der Waals surface area contributed by atoms with Gasteiger partial charge in [0, 0.05) is 0 Å². The van der Waals surface area contributed by atoms with Crippen molar-refractivity contribution in [3.8, 4) is 0 Å². The second kappa shape index (κ2) is 3.51. The van der Waals surface area contributed by atoms with Gasteiger partial charge in [-0.15, -0.1) is 0 Å². The van der Waals surface area contributed by atoms with Gasteiger partial charge < -0.3 is 0 Å². The van der Waals surface area contributed by atoms with E-state index in [4.69, 9.17) is 0 Å². The highest BCUT2D eigenvalue weighted by Crippen LogP contribution is 2.10. The smallest absolute Gasteiger partial charge is 0.264 e. The summed E-state index contributed by atoms with van der Waals surface area (Å²) in [5.74, 6) is 0. The van der Waals surface area contributed by atoms with E-state index in [1.807, 2.05) is 6.92 Å². The van der Waals surface area contributed by atoms with Gasteiger partial charge in [0.2, 0.25) is 0 Å². The van der Waals surface area contributed by atoms with Gasteiger partial charge in [0.15, 0.2) is 0 Å². The third kappa shape index (κ3) is 3.29. The molecule has 0 aliphatic carbocycles. The van der Waals surface area contributed by atoms with Gasteiger partial charge in [-0.2, -0.15) is 12.8 Å². The summed E-state index contributed by atoms with van der Waals surface area (Å²) in [6.07, 6.45) is 1.03. The number of hydrogen-bond donors (Lipinski definition) is 0. The van der Waals surface area contributed by atoms with Crippen molar-refractivity contribution in [2.45, 2.75) is 13.5 Å². The fourth-order valence-electron chi connectivity index (χ4n) is 0.649. The summed E-state index contributed by atoms with van der Waals surface area (Å²) in [5, 5.41) is 0. The van der Waals surface area contributed by atoms with Gasteiger partial charge in [0.05, 0.1) is 16.8 Å². The van der Waals surface area contributed by atoms with Gasteiger partial charge in [-0.05, 0) is 24.5 Å². The topological polar surface area (TPSA) is 56.3 Å². The second-order valence-corrected chi connectivity index (χ2v) is 4.93. The average molecular weight is 207 g/mol. The Morgan fingerprint density at radius 1 is 1.67 bits per heavy atom. The van der Waals surface area contributed by atoms with E-state index in [0.29, 0.717) is 0 Å². The standard InChI is InChI=1S/C6H9NO3S2/c1-5-3-6(11-7-5)4-10-12(2,8)9/h3H,4H2,1-2H3. The Labute approximate surface area is 75.5 Å². The van der Waals surface area contributed by atoms with Gasteiger partial charge in [-0.25, -0.2) is 0 Å². The van der Waals surface area contributed by atoms with E-state index >= 15 is 0 Å². The molecule has 0 radical (unpaired) electrons. The molecule has 6 heteroatoms. The van der Waals surface area contributed by atoms with Crippen molar-refractivity contribution in [3.63, 3.8) is 0 Å². The molecule has 4 nitrogen and oxygen atoms in total. The van der Waals surface area contributed by atoms with Crippen LogP contribution in [-0.4, -0.2) is 19.0 Å². The van der Waals surface area contributed by atoms with Crippen LogP contribution in [0.2, 0.25) is 0 Å². The Balaban J connectivity index is 2.55. The molecule has 0 aliphatic heterocycles. The molecule has 0 N–H and O–H groups in total. The molecule has 0 amide bonds. The summed E-state index contributed by atoms with van der Waals surface area (Å²) < 4.78 is 29.7. The molecule has 12 heavy (non-hydrogen) atoms. The molecule has 0 saturated carbocycles. The zero-order chi connectivity index (χ0) is 9.19. The Kier molecular flexibility index (Phi) is 2.81. The molecule has 0 saturated heterocycles. The van der Waals surface area contributed by atoms with E-state index in [0.717, 1.165) is 16.8 Å². The number of rotatable bonds is 3. The first-order chi connectivity index (χ1) is 5.47. The van der Waals surface area contributed by atoms with E-state index in [2.05, 4.69) is 8.56 Å². The fourth-order valence-corrected chi connectivity index (χ4v) is 1.71. The van der Waals surface area contributed by atoms with Crippen LogP contribution < -0.4 is 0 Å². The monoisotopic (exact) mass is 207 g/mol. The molecule has 1 aromatic rings. The first kappa shape index (κ1) is 9.63. The maximum atomic E-state index is 10.6. The molecule has 1 heterocycles. The summed E-state index contributed by atoms with van der Waals surface area (Å²) in [7, 11) is -3.33. The van der Waals surface area contributed by atoms with Gasteiger partial charge in [-0.1, -0.05) is 0 Å². The molecule has 0 bridgehead atoms. The normalized spacial score (nSPS) is 11.8. The van der Waals surface area contributed by atoms with Crippen molar-refractivity contribution in [1.29, 1.82) is 0 Å². The van der Waals surface area contributed by atoms with E-state index in [-0.39, 0.29) is 6.61 Å². The maximum Gasteiger partial charge on any atom is 0.264 e. The maximum absolute atomic E-state index is 10.6. The predicted molar refractivity (Wildman–Crippen MR) is 46.5 cm³/mol. The van der Waals surface area contributed by atoms with Crippen LogP contribution in [0.15, 0.2) is 6.07 Å². The van der Waals surface area contributed by atoms with E-state index < -0.39 is 10.1 Å². The number of nitrogens with zero attached hydrogens (tertiary/aromatic N) is 1. The molecule has 0 fully saturated rings. The summed E-state index contributed by atoms with van der Waals surface area (Å²) in [6, 6.07) is 1.80.